The first-order valence-electron chi connectivity index (χ1n) is 7.69. The molecule has 1 aromatic carbocycles. The van der Waals surface area contributed by atoms with Crippen LogP contribution in [0.3, 0.4) is 0 Å². The summed E-state index contributed by atoms with van der Waals surface area (Å²) in [5.41, 5.74) is 0.593. The standard InChI is InChI=1S/C17H13BrN2O6S/c1-25-7-6-19-16(21)15(27-17(19)22)9-11-3-5-14(26-11)12-4-2-10(20(23)24)8-13(12)18/h2-5,8-9H,6-7H2,1H3/b15-9-. The fourth-order valence-electron chi connectivity index (χ4n) is 2.40. The van der Waals surface area contributed by atoms with E-state index in [0.29, 0.717) is 21.6 Å². The van der Waals surface area contributed by atoms with E-state index < -0.39 is 10.8 Å². The number of hydrogen-bond acceptors (Lipinski definition) is 7. The maximum atomic E-state index is 12.3. The molecule has 1 aliphatic rings. The quantitative estimate of drug-likeness (QED) is 0.365. The minimum absolute atomic E-state index is 0.0397. The van der Waals surface area contributed by atoms with Crippen molar-refractivity contribution in [1.82, 2.24) is 4.90 Å². The molecule has 8 nitrogen and oxygen atoms in total. The zero-order valence-electron chi connectivity index (χ0n) is 14.0. The molecule has 0 bridgehead atoms. The summed E-state index contributed by atoms with van der Waals surface area (Å²) < 4.78 is 11.1. The molecular weight excluding hydrogens is 440 g/mol. The first-order chi connectivity index (χ1) is 12.9. The Balaban J connectivity index is 1.82. The Bertz CT molecular complexity index is 955. The molecule has 0 aliphatic carbocycles. The fourth-order valence-corrected chi connectivity index (χ4v) is 3.80. The van der Waals surface area contributed by atoms with Gasteiger partial charge in [0.25, 0.3) is 16.8 Å². The highest BCUT2D eigenvalue weighted by Gasteiger charge is 2.34. The van der Waals surface area contributed by atoms with Crippen molar-refractivity contribution in [1.29, 1.82) is 0 Å². The lowest BCUT2D eigenvalue weighted by Crippen LogP contribution is -2.31. The van der Waals surface area contributed by atoms with E-state index in [2.05, 4.69) is 15.9 Å². The number of benzene rings is 1. The smallest absolute Gasteiger partial charge is 0.293 e. The van der Waals surface area contributed by atoms with Gasteiger partial charge in [-0.25, -0.2) is 0 Å². The van der Waals surface area contributed by atoms with Gasteiger partial charge in [0.15, 0.2) is 0 Å². The molecule has 2 aromatic rings. The molecule has 2 heterocycles. The monoisotopic (exact) mass is 452 g/mol. The van der Waals surface area contributed by atoms with Gasteiger partial charge in [0, 0.05) is 35.4 Å². The molecule has 0 unspecified atom stereocenters. The highest BCUT2D eigenvalue weighted by molar-refractivity contribution is 9.10. The van der Waals surface area contributed by atoms with Crippen LogP contribution >= 0.6 is 27.7 Å². The van der Waals surface area contributed by atoms with Crippen LogP contribution in [0.1, 0.15) is 5.76 Å². The van der Waals surface area contributed by atoms with Crippen LogP contribution in [0, 0.1) is 10.1 Å². The highest BCUT2D eigenvalue weighted by atomic mass is 79.9. The second-order valence-corrected chi connectivity index (χ2v) is 7.30. The van der Waals surface area contributed by atoms with Crippen LogP contribution in [-0.4, -0.2) is 41.2 Å². The van der Waals surface area contributed by atoms with Gasteiger partial charge >= 0.3 is 0 Å². The van der Waals surface area contributed by atoms with Crippen molar-refractivity contribution < 1.29 is 23.7 Å². The second-order valence-electron chi connectivity index (χ2n) is 5.45. The van der Waals surface area contributed by atoms with Crippen molar-refractivity contribution in [2.24, 2.45) is 0 Å². The SMILES string of the molecule is COCCN1C(=O)S/C(=C\c2ccc(-c3ccc([N+](=O)[O-])cc3Br)o2)C1=O. The topological polar surface area (TPSA) is 103 Å². The number of furan rings is 1. The summed E-state index contributed by atoms with van der Waals surface area (Å²) in [6.45, 7) is 0.460. The molecule has 0 spiro atoms. The van der Waals surface area contributed by atoms with Crippen molar-refractivity contribution in [2.45, 2.75) is 0 Å². The third kappa shape index (κ3) is 4.12. The lowest BCUT2D eigenvalue weighted by atomic mass is 10.1. The molecule has 0 atom stereocenters. The Morgan fingerprint density at radius 2 is 2.11 bits per heavy atom. The van der Waals surface area contributed by atoms with Crippen LogP contribution < -0.4 is 0 Å². The number of methoxy groups -OCH3 is 1. The first-order valence-corrected chi connectivity index (χ1v) is 9.30. The summed E-state index contributed by atoms with van der Waals surface area (Å²) in [5, 5.41) is 10.5. The van der Waals surface area contributed by atoms with Crippen LogP contribution in [0.5, 0.6) is 0 Å². The minimum Gasteiger partial charge on any atom is -0.457 e. The number of rotatable bonds is 6. The van der Waals surface area contributed by atoms with Crippen LogP contribution in [0.2, 0.25) is 0 Å². The largest absolute Gasteiger partial charge is 0.457 e. The molecule has 0 saturated carbocycles. The van der Waals surface area contributed by atoms with Gasteiger partial charge in [-0.3, -0.25) is 24.6 Å². The molecule has 27 heavy (non-hydrogen) atoms. The predicted octanol–water partition coefficient (Wildman–Crippen LogP) is 4.30. The number of amides is 2. The number of non-ortho nitro benzene ring substituents is 1. The highest BCUT2D eigenvalue weighted by Crippen LogP contribution is 2.35. The van der Waals surface area contributed by atoms with E-state index in [1.165, 1.54) is 25.3 Å². The number of imide groups is 1. The number of nitro benzene ring substituents is 1. The van der Waals surface area contributed by atoms with E-state index >= 15 is 0 Å². The van der Waals surface area contributed by atoms with Crippen molar-refractivity contribution >= 4 is 50.6 Å². The number of halogens is 1. The molecule has 1 aromatic heterocycles. The number of nitrogens with zero attached hydrogens (tertiary/aromatic N) is 2. The van der Waals surface area contributed by atoms with Crippen molar-refractivity contribution in [2.75, 3.05) is 20.3 Å². The number of thioether (sulfide) groups is 1. The van der Waals surface area contributed by atoms with Crippen LogP contribution in [0.25, 0.3) is 17.4 Å². The van der Waals surface area contributed by atoms with Crippen molar-refractivity contribution in [3.8, 4) is 11.3 Å². The molecule has 1 fully saturated rings. The van der Waals surface area contributed by atoms with E-state index in [1.807, 2.05) is 0 Å². The molecule has 2 amide bonds. The van der Waals surface area contributed by atoms with Crippen LogP contribution in [0.15, 0.2) is 44.1 Å². The van der Waals surface area contributed by atoms with E-state index in [-0.39, 0.29) is 29.0 Å². The van der Waals surface area contributed by atoms with Gasteiger partial charge in [-0.05, 0) is 45.9 Å². The Morgan fingerprint density at radius 3 is 2.78 bits per heavy atom. The van der Waals surface area contributed by atoms with Gasteiger partial charge in [-0.1, -0.05) is 0 Å². The molecule has 0 radical (unpaired) electrons. The third-order valence-electron chi connectivity index (χ3n) is 3.72. The molecular formula is C17H13BrN2O6S. The maximum absolute atomic E-state index is 12.3. The van der Waals surface area contributed by atoms with Crippen LogP contribution in [0.4, 0.5) is 10.5 Å². The lowest BCUT2D eigenvalue weighted by molar-refractivity contribution is -0.384. The molecule has 0 N–H and O–H groups in total. The van der Waals surface area contributed by atoms with E-state index in [0.717, 1.165) is 16.7 Å². The number of carbonyl (C=O) groups is 2. The van der Waals surface area contributed by atoms with E-state index in [4.69, 9.17) is 9.15 Å². The second kappa shape index (κ2) is 8.07. The summed E-state index contributed by atoms with van der Waals surface area (Å²) in [7, 11) is 1.50. The maximum Gasteiger partial charge on any atom is 0.293 e. The van der Waals surface area contributed by atoms with E-state index in [1.54, 1.807) is 18.2 Å². The molecule has 1 aliphatic heterocycles. The zero-order valence-corrected chi connectivity index (χ0v) is 16.4. The average molecular weight is 453 g/mol. The van der Waals surface area contributed by atoms with E-state index in [9.17, 15) is 19.7 Å². The average Bonchev–Trinajstić information content (AvgIpc) is 3.18. The molecule has 3 rings (SSSR count). The van der Waals surface area contributed by atoms with Gasteiger partial charge in [0.1, 0.15) is 11.5 Å². The fraction of sp³-hybridized carbons (Fsp3) is 0.176. The molecule has 140 valence electrons. The number of hydrogen-bond donors (Lipinski definition) is 0. The molecule has 10 heteroatoms. The summed E-state index contributed by atoms with van der Waals surface area (Å²) in [6.07, 6.45) is 1.50. The van der Waals surface area contributed by atoms with Gasteiger partial charge in [-0.15, -0.1) is 0 Å². The summed E-state index contributed by atoms with van der Waals surface area (Å²) in [5.74, 6) is 0.477. The van der Waals surface area contributed by atoms with Gasteiger partial charge in [0.05, 0.1) is 23.0 Å². The van der Waals surface area contributed by atoms with Gasteiger partial charge < -0.3 is 9.15 Å². The Labute approximate surface area is 166 Å². The first kappa shape index (κ1) is 19.3. The van der Waals surface area contributed by atoms with Crippen LogP contribution in [-0.2, 0) is 9.53 Å². The minimum atomic E-state index is -0.484. The normalized spacial score (nSPS) is 15.8. The van der Waals surface area contributed by atoms with Gasteiger partial charge in [-0.2, -0.15) is 0 Å². The van der Waals surface area contributed by atoms with Crippen molar-refractivity contribution in [3.05, 3.63) is 55.6 Å². The summed E-state index contributed by atoms with van der Waals surface area (Å²) in [4.78, 5) is 36.0. The van der Waals surface area contributed by atoms with Crippen molar-refractivity contribution in [3.63, 3.8) is 0 Å². The molecule has 1 saturated heterocycles. The number of nitro groups is 1. The summed E-state index contributed by atoms with van der Waals surface area (Å²) >= 11 is 4.14. The lowest BCUT2D eigenvalue weighted by Gasteiger charge is -2.10. The Hall–Kier alpha value is -2.43. The Kier molecular flexibility index (Phi) is 5.78. The zero-order chi connectivity index (χ0) is 19.6. The van der Waals surface area contributed by atoms with Gasteiger partial charge in [0.2, 0.25) is 0 Å². The predicted molar refractivity (Wildman–Crippen MR) is 103 cm³/mol. The summed E-state index contributed by atoms with van der Waals surface area (Å²) in [6, 6.07) is 7.69. The number of carbonyl (C=O) groups excluding carboxylic acids is 2. The number of ether oxygens (including phenoxy) is 1. The Morgan fingerprint density at radius 1 is 1.33 bits per heavy atom. The third-order valence-corrected chi connectivity index (χ3v) is 5.29.